The number of rotatable bonds is 5. The number of aromatic amines is 1. The van der Waals surface area contributed by atoms with Crippen LogP contribution in [-0.2, 0) is 6.18 Å². The molecule has 3 rings (SSSR count). The molecule has 0 saturated heterocycles. The monoisotopic (exact) mass is 422 g/mol. The second-order valence-corrected chi connectivity index (χ2v) is 5.85. The third-order valence-corrected chi connectivity index (χ3v) is 3.90. The van der Waals surface area contributed by atoms with E-state index < -0.39 is 29.1 Å². The zero-order chi connectivity index (χ0) is 21.9. The zero-order valence-corrected chi connectivity index (χ0v) is 15.1. The Balaban J connectivity index is 1.88. The number of benzene rings is 2. The van der Waals surface area contributed by atoms with Crippen LogP contribution in [0.4, 0.5) is 27.6 Å². The number of hydrogen-bond acceptors (Lipinski definition) is 6. The fourth-order valence-electron chi connectivity index (χ4n) is 2.39. The molecule has 0 aliphatic carbocycles. The van der Waals surface area contributed by atoms with Gasteiger partial charge in [0.15, 0.2) is 17.4 Å². The molecule has 0 atom stereocenters. The minimum absolute atomic E-state index is 0.0102. The summed E-state index contributed by atoms with van der Waals surface area (Å²) in [7, 11) is 0. The average molecular weight is 422 g/mol. The van der Waals surface area contributed by atoms with Gasteiger partial charge in [0, 0.05) is 17.5 Å². The predicted octanol–water partition coefficient (Wildman–Crippen LogP) is 4.57. The molecule has 1 heterocycles. The first-order valence-electron chi connectivity index (χ1n) is 8.15. The number of aromatic nitrogens is 4. The minimum Gasteiger partial charge on any atom is -0.451 e. The van der Waals surface area contributed by atoms with Gasteiger partial charge in [0.25, 0.3) is 0 Å². The number of ether oxygens (including phenoxy) is 1. The van der Waals surface area contributed by atoms with Crippen LogP contribution in [0.3, 0.4) is 0 Å². The molecule has 0 bridgehead atoms. The summed E-state index contributed by atoms with van der Waals surface area (Å²) in [6.07, 6.45) is -3.61. The number of anilines is 1. The van der Waals surface area contributed by atoms with Gasteiger partial charge in [-0.15, -0.1) is 10.2 Å². The first kappa shape index (κ1) is 20.7. The van der Waals surface area contributed by atoms with Crippen molar-refractivity contribution in [3.05, 3.63) is 65.1 Å². The van der Waals surface area contributed by atoms with Crippen LogP contribution in [0.1, 0.15) is 17.0 Å². The van der Waals surface area contributed by atoms with Gasteiger partial charge in [0.1, 0.15) is 17.4 Å². The Morgan fingerprint density at radius 3 is 2.50 bits per heavy atom. The molecule has 1 aromatic heterocycles. The molecule has 2 aromatic carbocycles. The molecule has 0 fully saturated rings. The van der Waals surface area contributed by atoms with E-state index in [0.29, 0.717) is 11.3 Å². The van der Waals surface area contributed by atoms with Crippen molar-refractivity contribution in [3.63, 3.8) is 0 Å². The van der Waals surface area contributed by atoms with Crippen molar-refractivity contribution < 1.29 is 26.7 Å². The summed E-state index contributed by atoms with van der Waals surface area (Å²) in [6.45, 7) is 1.55. The predicted molar refractivity (Wildman–Crippen MR) is 94.0 cm³/mol. The standard InChI is InChI=1S/C18H11F5N6O/c1-9-14(25-8-10(7-24)17-26-28-29-27-17)3-2-4-15(9)30-16-12(19)5-11(6-13(16)20)18(21,22)23/h2-6,8,25H,1H3,(H,26,27,28,29). The molecule has 30 heavy (non-hydrogen) atoms. The highest BCUT2D eigenvalue weighted by atomic mass is 19.4. The van der Waals surface area contributed by atoms with E-state index >= 15 is 0 Å². The lowest BCUT2D eigenvalue weighted by Crippen LogP contribution is -2.07. The number of hydrogen-bond donors (Lipinski definition) is 2. The third kappa shape index (κ3) is 4.35. The molecule has 0 radical (unpaired) electrons. The van der Waals surface area contributed by atoms with Gasteiger partial charge in [-0.05, 0) is 36.4 Å². The minimum atomic E-state index is -4.90. The van der Waals surface area contributed by atoms with Gasteiger partial charge in [-0.1, -0.05) is 6.07 Å². The van der Waals surface area contributed by atoms with Crippen LogP contribution in [0.25, 0.3) is 5.57 Å². The molecule has 12 heteroatoms. The van der Waals surface area contributed by atoms with Crippen LogP contribution >= 0.6 is 0 Å². The first-order chi connectivity index (χ1) is 14.2. The van der Waals surface area contributed by atoms with E-state index in [1.165, 1.54) is 18.3 Å². The van der Waals surface area contributed by atoms with Crippen molar-refractivity contribution in [3.8, 4) is 17.6 Å². The molecule has 2 N–H and O–H groups in total. The molecule has 0 aliphatic heterocycles. The van der Waals surface area contributed by atoms with E-state index in [2.05, 4.69) is 25.9 Å². The summed E-state index contributed by atoms with van der Waals surface area (Å²) in [6, 6.07) is 6.63. The topological polar surface area (TPSA) is 99.5 Å². The molecular formula is C18H11F5N6O. The maximum absolute atomic E-state index is 14.1. The third-order valence-electron chi connectivity index (χ3n) is 3.90. The van der Waals surface area contributed by atoms with Gasteiger partial charge >= 0.3 is 6.18 Å². The maximum Gasteiger partial charge on any atom is 0.416 e. The van der Waals surface area contributed by atoms with Crippen LogP contribution in [0, 0.1) is 29.9 Å². The first-order valence-corrected chi connectivity index (χ1v) is 8.15. The second-order valence-electron chi connectivity index (χ2n) is 5.85. The Hall–Kier alpha value is -4.01. The van der Waals surface area contributed by atoms with Gasteiger partial charge in [0.2, 0.25) is 5.82 Å². The molecular weight excluding hydrogens is 411 g/mol. The Morgan fingerprint density at radius 2 is 1.93 bits per heavy atom. The van der Waals surface area contributed by atoms with Gasteiger partial charge in [0.05, 0.1) is 5.56 Å². The van der Waals surface area contributed by atoms with Gasteiger partial charge < -0.3 is 10.1 Å². The number of halogens is 5. The largest absolute Gasteiger partial charge is 0.451 e. The molecule has 154 valence electrons. The number of nitriles is 1. The lowest BCUT2D eigenvalue weighted by molar-refractivity contribution is -0.138. The molecule has 0 aliphatic rings. The van der Waals surface area contributed by atoms with Gasteiger partial charge in [-0.3, -0.25) is 0 Å². The number of nitrogens with one attached hydrogen (secondary N) is 2. The van der Waals surface area contributed by atoms with Crippen LogP contribution in [0.5, 0.6) is 11.5 Å². The number of alkyl halides is 3. The van der Waals surface area contributed by atoms with Crippen molar-refractivity contribution in [2.45, 2.75) is 13.1 Å². The van der Waals surface area contributed by atoms with E-state index in [0.717, 1.165) is 0 Å². The summed E-state index contributed by atoms with van der Waals surface area (Å²) in [5, 5.41) is 24.9. The smallest absolute Gasteiger partial charge is 0.416 e. The van der Waals surface area contributed by atoms with Crippen molar-refractivity contribution >= 4 is 11.3 Å². The SMILES string of the molecule is Cc1c(NC=C(C#N)c2nn[nH]n2)cccc1Oc1c(F)cc(C(F)(F)F)cc1F. The number of H-pyrrole nitrogens is 1. The Bertz CT molecular complexity index is 1110. The highest BCUT2D eigenvalue weighted by Crippen LogP contribution is 2.37. The van der Waals surface area contributed by atoms with E-state index in [-0.39, 0.29) is 29.3 Å². The molecule has 0 saturated carbocycles. The maximum atomic E-state index is 14.1. The Morgan fingerprint density at radius 1 is 1.23 bits per heavy atom. The number of allylic oxidation sites excluding steroid dienone is 1. The summed E-state index contributed by atoms with van der Waals surface area (Å²) in [5.41, 5.74) is -0.642. The summed E-state index contributed by atoms with van der Waals surface area (Å²) >= 11 is 0. The lowest BCUT2D eigenvalue weighted by Gasteiger charge is -2.15. The quantitative estimate of drug-likeness (QED) is 0.462. The van der Waals surface area contributed by atoms with E-state index in [4.69, 9.17) is 10.00 Å². The fourth-order valence-corrected chi connectivity index (χ4v) is 2.39. The fraction of sp³-hybridized carbons (Fsp3) is 0.111. The second kappa shape index (κ2) is 8.16. The number of nitrogens with zero attached hydrogens (tertiary/aromatic N) is 4. The molecule has 0 amide bonds. The zero-order valence-electron chi connectivity index (χ0n) is 15.1. The molecule has 3 aromatic rings. The Labute approximate surface area is 165 Å². The van der Waals surface area contributed by atoms with E-state index in [1.807, 2.05) is 6.07 Å². The summed E-state index contributed by atoms with van der Waals surface area (Å²) < 4.78 is 71.4. The van der Waals surface area contributed by atoms with E-state index in [1.54, 1.807) is 13.0 Å². The number of tetrazole rings is 1. The molecule has 7 nitrogen and oxygen atoms in total. The van der Waals surface area contributed by atoms with E-state index in [9.17, 15) is 22.0 Å². The van der Waals surface area contributed by atoms with Crippen LogP contribution < -0.4 is 10.1 Å². The summed E-state index contributed by atoms with van der Waals surface area (Å²) in [5.74, 6) is -3.93. The lowest BCUT2D eigenvalue weighted by atomic mass is 10.1. The highest BCUT2D eigenvalue weighted by molar-refractivity contribution is 5.74. The van der Waals surface area contributed by atoms with Crippen molar-refractivity contribution in [2.75, 3.05) is 5.32 Å². The Kier molecular flexibility index (Phi) is 5.63. The average Bonchev–Trinajstić information content (AvgIpc) is 3.21. The normalized spacial score (nSPS) is 11.8. The molecule has 0 unspecified atom stereocenters. The van der Waals surface area contributed by atoms with Crippen LogP contribution in [-0.4, -0.2) is 20.6 Å². The highest BCUT2D eigenvalue weighted by Gasteiger charge is 2.33. The van der Waals surface area contributed by atoms with Gasteiger partial charge in [-0.2, -0.15) is 23.6 Å². The van der Waals surface area contributed by atoms with Gasteiger partial charge in [-0.25, -0.2) is 8.78 Å². The van der Waals surface area contributed by atoms with Crippen molar-refractivity contribution in [1.29, 1.82) is 5.26 Å². The van der Waals surface area contributed by atoms with Crippen LogP contribution in [0.2, 0.25) is 0 Å². The molecule has 0 spiro atoms. The summed E-state index contributed by atoms with van der Waals surface area (Å²) in [4.78, 5) is 0. The van der Waals surface area contributed by atoms with Crippen LogP contribution in [0.15, 0.2) is 36.5 Å². The van der Waals surface area contributed by atoms with Crippen molar-refractivity contribution in [1.82, 2.24) is 20.6 Å². The van der Waals surface area contributed by atoms with Crippen molar-refractivity contribution in [2.24, 2.45) is 0 Å².